The molecule has 3 rings (SSSR count). The first-order valence-electron chi connectivity index (χ1n) is 8.35. The van der Waals surface area contributed by atoms with Crippen LogP contribution < -0.4 is 24.7 Å². The highest BCUT2D eigenvalue weighted by atomic mass is 35.5. The molecular formula is C19H23ClN2O4. The molecule has 26 heavy (non-hydrogen) atoms. The number of hydrogen-bond donors (Lipinski definition) is 1. The lowest BCUT2D eigenvalue weighted by Gasteiger charge is -2.17. The minimum Gasteiger partial charge on any atom is -0.493 e. The van der Waals surface area contributed by atoms with Crippen molar-refractivity contribution in [2.24, 2.45) is 11.1 Å². The number of hydrogen-bond acceptors (Lipinski definition) is 6. The van der Waals surface area contributed by atoms with E-state index >= 15 is 0 Å². The van der Waals surface area contributed by atoms with E-state index in [9.17, 15) is 0 Å². The van der Waals surface area contributed by atoms with Crippen LogP contribution in [0.15, 0.2) is 24.4 Å². The monoisotopic (exact) mass is 378 g/mol. The molecule has 1 aliphatic carbocycles. The van der Waals surface area contributed by atoms with Gasteiger partial charge in [-0.15, -0.1) is 0 Å². The Hall–Kier alpha value is -2.18. The number of ether oxygens (including phenoxy) is 4. The molecular weight excluding hydrogens is 356 g/mol. The summed E-state index contributed by atoms with van der Waals surface area (Å²) in [6.07, 6.45) is 3.81. The zero-order chi connectivity index (χ0) is 18.7. The van der Waals surface area contributed by atoms with Crippen molar-refractivity contribution in [1.29, 1.82) is 0 Å². The number of aromatic nitrogens is 1. The van der Waals surface area contributed by atoms with Crippen LogP contribution in [0.1, 0.15) is 12.8 Å². The van der Waals surface area contributed by atoms with E-state index in [2.05, 4.69) is 4.98 Å². The Bertz CT molecular complexity index is 793. The summed E-state index contributed by atoms with van der Waals surface area (Å²) in [5.41, 5.74) is 7.37. The van der Waals surface area contributed by atoms with Gasteiger partial charge in [0.2, 0.25) is 5.75 Å². The van der Waals surface area contributed by atoms with Crippen molar-refractivity contribution in [3.8, 4) is 34.1 Å². The van der Waals surface area contributed by atoms with Gasteiger partial charge in [-0.25, -0.2) is 4.98 Å². The van der Waals surface area contributed by atoms with Gasteiger partial charge in [0.05, 0.1) is 34.1 Å². The Balaban J connectivity index is 1.97. The molecule has 0 aliphatic heterocycles. The molecule has 0 spiro atoms. The fourth-order valence-electron chi connectivity index (χ4n) is 2.83. The molecule has 140 valence electrons. The lowest BCUT2D eigenvalue weighted by Crippen LogP contribution is -2.22. The second kappa shape index (κ2) is 7.60. The van der Waals surface area contributed by atoms with Crippen molar-refractivity contribution in [1.82, 2.24) is 4.98 Å². The molecule has 6 nitrogen and oxygen atoms in total. The van der Waals surface area contributed by atoms with Crippen LogP contribution >= 0.6 is 11.6 Å². The summed E-state index contributed by atoms with van der Waals surface area (Å²) in [5, 5.41) is 0.350. The number of benzene rings is 1. The minimum absolute atomic E-state index is 0.112. The van der Waals surface area contributed by atoms with Crippen molar-refractivity contribution < 1.29 is 18.9 Å². The summed E-state index contributed by atoms with van der Waals surface area (Å²) in [6.45, 7) is 1.21. The van der Waals surface area contributed by atoms with Gasteiger partial charge in [0.1, 0.15) is 10.9 Å². The SMILES string of the molecule is COc1ccc(-c2cc(OCC3(CN)CC3)cnc2Cl)c(OC)c1OC. The second-order valence-corrected chi connectivity index (χ2v) is 6.74. The molecule has 0 atom stereocenters. The van der Waals surface area contributed by atoms with E-state index in [1.807, 2.05) is 12.1 Å². The smallest absolute Gasteiger partial charge is 0.203 e. The molecule has 0 amide bonds. The standard InChI is InChI=1S/C19H23ClN2O4/c1-23-15-5-4-13(16(24-2)17(15)25-3)14-8-12(9-22-18(14)20)26-11-19(10-21)6-7-19/h4-5,8-9H,6-7,10-11,21H2,1-3H3. The second-order valence-electron chi connectivity index (χ2n) is 6.38. The summed E-state index contributed by atoms with van der Waals surface area (Å²) >= 11 is 6.34. The Labute approximate surface area is 158 Å². The van der Waals surface area contributed by atoms with Crippen LogP contribution in [0, 0.1) is 5.41 Å². The maximum atomic E-state index is 6.34. The molecule has 7 heteroatoms. The molecule has 1 aromatic heterocycles. The third kappa shape index (κ3) is 3.52. The van der Waals surface area contributed by atoms with Crippen LogP contribution in [0.25, 0.3) is 11.1 Å². The largest absolute Gasteiger partial charge is 0.493 e. The third-order valence-electron chi connectivity index (χ3n) is 4.74. The number of pyridine rings is 1. The summed E-state index contributed by atoms with van der Waals surface area (Å²) < 4.78 is 22.2. The summed E-state index contributed by atoms with van der Waals surface area (Å²) in [5.74, 6) is 2.23. The first-order valence-corrected chi connectivity index (χ1v) is 8.73. The Morgan fingerprint density at radius 1 is 1.08 bits per heavy atom. The molecule has 0 saturated heterocycles. The molecule has 1 aromatic carbocycles. The molecule has 1 heterocycles. The maximum Gasteiger partial charge on any atom is 0.203 e. The fraction of sp³-hybridized carbons (Fsp3) is 0.421. The number of nitrogens with two attached hydrogens (primary N) is 1. The summed E-state index contributed by atoms with van der Waals surface area (Å²) in [7, 11) is 4.71. The Morgan fingerprint density at radius 2 is 1.81 bits per heavy atom. The first-order chi connectivity index (χ1) is 12.6. The summed E-state index contributed by atoms with van der Waals surface area (Å²) in [4.78, 5) is 4.26. The Kier molecular flexibility index (Phi) is 5.44. The number of halogens is 1. The first kappa shape index (κ1) is 18.6. The van der Waals surface area contributed by atoms with Crippen molar-refractivity contribution in [3.05, 3.63) is 29.5 Å². The number of nitrogens with zero attached hydrogens (tertiary/aromatic N) is 1. The lowest BCUT2D eigenvalue weighted by molar-refractivity contribution is 0.238. The van der Waals surface area contributed by atoms with Crippen molar-refractivity contribution in [3.63, 3.8) is 0 Å². The van der Waals surface area contributed by atoms with Crippen LogP contribution in [0.3, 0.4) is 0 Å². The minimum atomic E-state index is 0.112. The van der Waals surface area contributed by atoms with Gasteiger partial charge in [-0.05, 0) is 31.0 Å². The van der Waals surface area contributed by atoms with Gasteiger partial charge >= 0.3 is 0 Å². The van der Waals surface area contributed by atoms with Gasteiger partial charge in [0, 0.05) is 23.1 Å². The van der Waals surface area contributed by atoms with Gasteiger partial charge in [-0.2, -0.15) is 0 Å². The molecule has 1 fully saturated rings. The quantitative estimate of drug-likeness (QED) is 0.708. The molecule has 1 aliphatic rings. The molecule has 2 aromatic rings. The topological polar surface area (TPSA) is 75.8 Å². The van der Waals surface area contributed by atoms with E-state index in [1.165, 1.54) is 0 Å². The van der Waals surface area contributed by atoms with Gasteiger partial charge in [-0.3, -0.25) is 0 Å². The zero-order valence-electron chi connectivity index (χ0n) is 15.2. The average Bonchev–Trinajstić information content (AvgIpc) is 3.46. The van der Waals surface area contributed by atoms with E-state index in [1.54, 1.807) is 33.6 Å². The van der Waals surface area contributed by atoms with E-state index in [0.29, 0.717) is 46.9 Å². The number of rotatable bonds is 8. The van der Waals surface area contributed by atoms with E-state index in [0.717, 1.165) is 18.4 Å². The predicted molar refractivity (Wildman–Crippen MR) is 101 cm³/mol. The highest BCUT2D eigenvalue weighted by Gasteiger charge is 2.42. The lowest BCUT2D eigenvalue weighted by atomic mass is 10.0. The highest BCUT2D eigenvalue weighted by molar-refractivity contribution is 6.32. The molecule has 1 saturated carbocycles. The predicted octanol–water partition coefficient (Wildman–Crippen LogP) is 3.55. The van der Waals surface area contributed by atoms with Gasteiger partial charge in [0.25, 0.3) is 0 Å². The van der Waals surface area contributed by atoms with Crippen LogP contribution in [0.4, 0.5) is 0 Å². The van der Waals surface area contributed by atoms with Crippen molar-refractivity contribution in [2.75, 3.05) is 34.5 Å². The van der Waals surface area contributed by atoms with E-state index in [4.69, 9.17) is 36.3 Å². The van der Waals surface area contributed by atoms with Crippen LogP contribution in [-0.4, -0.2) is 39.5 Å². The van der Waals surface area contributed by atoms with Crippen molar-refractivity contribution in [2.45, 2.75) is 12.8 Å². The van der Waals surface area contributed by atoms with Gasteiger partial charge < -0.3 is 24.7 Å². The molecule has 0 unspecified atom stereocenters. The van der Waals surface area contributed by atoms with Crippen LogP contribution in [0.2, 0.25) is 5.15 Å². The normalized spacial score (nSPS) is 14.7. The average molecular weight is 379 g/mol. The molecule has 2 N–H and O–H groups in total. The molecule has 0 bridgehead atoms. The maximum absolute atomic E-state index is 6.34. The highest BCUT2D eigenvalue weighted by Crippen LogP contribution is 2.47. The zero-order valence-corrected chi connectivity index (χ0v) is 15.9. The van der Waals surface area contributed by atoms with Crippen molar-refractivity contribution >= 4 is 11.6 Å². The van der Waals surface area contributed by atoms with E-state index in [-0.39, 0.29) is 5.41 Å². The third-order valence-corrected chi connectivity index (χ3v) is 5.04. The van der Waals surface area contributed by atoms with E-state index < -0.39 is 0 Å². The van der Waals surface area contributed by atoms with Gasteiger partial charge in [0.15, 0.2) is 11.5 Å². The fourth-order valence-corrected chi connectivity index (χ4v) is 3.04. The Morgan fingerprint density at radius 3 is 2.38 bits per heavy atom. The number of methoxy groups -OCH3 is 3. The van der Waals surface area contributed by atoms with Gasteiger partial charge in [-0.1, -0.05) is 11.6 Å². The summed E-state index contributed by atoms with van der Waals surface area (Å²) in [6, 6.07) is 5.51. The van der Waals surface area contributed by atoms with Crippen LogP contribution in [0.5, 0.6) is 23.0 Å². The van der Waals surface area contributed by atoms with Crippen LogP contribution in [-0.2, 0) is 0 Å². The molecule has 0 radical (unpaired) electrons.